The molecule has 9 nitrogen and oxygen atoms in total. The summed E-state index contributed by atoms with van der Waals surface area (Å²) < 4.78 is 13.6. The topological polar surface area (TPSA) is 128 Å². The number of hydrogen-bond donors (Lipinski definition) is 4. The summed E-state index contributed by atoms with van der Waals surface area (Å²) >= 11 is 0. The Balaban J connectivity index is 2.43. The number of nitrogens with zero attached hydrogens (tertiary/aromatic N) is 1. The number of carbonyl (C=O) groups is 3. The molecule has 0 spiro atoms. The van der Waals surface area contributed by atoms with Crippen LogP contribution in [-0.2, 0) is 25.4 Å². The quantitative estimate of drug-likeness (QED) is 0.302. The lowest BCUT2D eigenvalue weighted by molar-refractivity contribution is -0.138. The minimum absolute atomic E-state index is 0.120. The number of rotatable bonds is 12. The van der Waals surface area contributed by atoms with E-state index in [1.54, 1.807) is 18.2 Å². The second kappa shape index (κ2) is 13.0. The predicted molar refractivity (Wildman–Crippen MR) is 112 cm³/mol. The van der Waals surface area contributed by atoms with Gasteiger partial charge in [-0.25, -0.2) is 8.93 Å². The predicted octanol–water partition coefficient (Wildman–Crippen LogP) is -0.858. The maximum atomic E-state index is 12.4. The van der Waals surface area contributed by atoms with Gasteiger partial charge >= 0.3 is 0 Å². The number of likely N-dealkylation sites (tertiary alicyclic amines) is 1. The molecular weight excluding hydrogens is 396 g/mol. The van der Waals surface area contributed by atoms with Crippen LogP contribution in [0.2, 0.25) is 0 Å². The summed E-state index contributed by atoms with van der Waals surface area (Å²) in [6.45, 7) is 7.63. The summed E-state index contributed by atoms with van der Waals surface area (Å²) in [7, 11) is -1.32. The van der Waals surface area contributed by atoms with E-state index in [1.165, 1.54) is 11.2 Å². The van der Waals surface area contributed by atoms with Crippen LogP contribution in [0, 0.1) is 0 Å². The minimum atomic E-state index is -1.40. The molecule has 3 atom stereocenters. The minimum Gasteiger partial charge on any atom is -0.381 e. The van der Waals surface area contributed by atoms with Gasteiger partial charge in [-0.2, -0.15) is 0 Å². The summed E-state index contributed by atoms with van der Waals surface area (Å²) in [6.07, 6.45) is 6.78. The van der Waals surface area contributed by atoms with Gasteiger partial charge in [0.25, 0.3) is 5.91 Å². The van der Waals surface area contributed by atoms with Gasteiger partial charge in [0.15, 0.2) is 0 Å². The monoisotopic (exact) mass is 426 g/mol. The van der Waals surface area contributed by atoms with Gasteiger partial charge in [0.2, 0.25) is 11.8 Å². The van der Waals surface area contributed by atoms with E-state index in [0.29, 0.717) is 32.4 Å². The van der Waals surface area contributed by atoms with E-state index in [-0.39, 0.29) is 19.0 Å². The van der Waals surface area contributed by atoms with Crippen LogP contribution in [0.15, 0.2) is 37.0 Å². The van der Waals surface area contributed by atoms with Crippen LogP contribution in [0.25, 0.3) is 0 Å². The summed E-state index contributed by atoms with van der Waals surface area (Å²) in [6, 6.07) is -0.663. The average molecular weight is 427 g/mol. The van der Waals surface area contributed by atoms with Gasteiger partial charge in [0, 0.05) is 19.3 Å². The Morgan fingerprint density at radius 1 is 1.31 bits per heavy atom. The number of nitrogens with one attached hydrogen (secondary N) is 3. The largest absolute Gasteiger partial charge is 0.381 e. The highest BCUT2D eigenvalue weighted by Gasteiger charge is 2.34. The summed E-state index contributed by atoms with van der Waals surface area (Å²) in [5.74, 6) is -1.34. The Labute approximate surface area is 173 Å². The van der Waals surface area contributed by atoms with Gasteiger partial charge in [-0.15, -0.1) is 0 Å². The highest BCUT2D eigenvalue weighted by atomic mass is 32.2. The summed E-state index contributed by atoms with van der Waals surface area (Å²) in [4.78, 5) is 37.9. The zero-order valence-corrected chi connectivity index (χ0v) is 17.5. The van der Waals surface area contributed by atoms with Crippen LogP contribution < -0.4 is 15.4 Å². The first-order valence-corrected chi connectivity index (χ1v) is 10.9. The fraction of sp³-hybridized carbons (Fsp3) is 0.526. The molecule has 29 heavy (non-hydrogen) atoms. The molecule has 0 aliphatic carbocycles. The fourth-order valence-corrected chi connectivity index (χ4v) is 3.19. The first-order valence-electron chi connectivity index (χ1n) is 9.34. The van der Waals surface area contributed by atoms with Gasteiger partial charge in [-0.3, -0.25) is 14.4 Å². The highest BCUT2D eigenvalue weighted by molar-refractivity contribution is 7.82. The Morgan fingerprint density at radius 3 is 2.66 bits per heavy atom. The normalized spacial score (nSPS) is 18.6. The highest BCUT2D eigenvalue weighted by Crippen LogP contribution is 2.17. The van der Waals surface area contributed by atoms with Gasteiger partial charge < -0.3 is 20.6 Å². The smallest absolute Gasteiger partial charge is 0.250 e. The molecule has 10 heteroatoms. The van der Waals surface area contributed by atoms with Crippen molar-refractivity contribution >= 4 is 28.7 Å². The van der Waals surface area contributed by atoms with Crippen LogP contribution >= 0.6 is 0 Å². The number of aliphatic hydroxyl groups excluding tert-OH is 1. The van der Waals surface area contributed by atoms with Crippen LogP contribution in [-0.4, -0.2) is 76.5 Å². The maximum absolute atomic E-state index is 12.4. The number of hydrogen-bond acceptors (Lipinski definition) is 5. The van der Waals surface area contributed by atoms with E-state index in [0.717, 1.165) is 5.57 Å². The number of amides is 3. The lowest BCUT2D eigenvalue weighted by Gasteiger charge is -2.24. The van der Waals surface area contributed by atoms with Crippen molar-refractivity contribution in [2.75, 3.05) is 32.4 Å². The third-order valence-electron chi connectivity index (χ3n) is 4.38. The van der Waals surface area contributed by atoms with E-state index in [9.17, 15) is 23.7 Å². The molecule has 3 unspecified atom stereocenters. The van der Waals surface area contributed by atoms with Crippen molar-refractivity contribution in [3.05, 3.63) is 37.0 Å². The molecule has 1 aliphatic rings. The molecule has 1 rings (SSSR count). The van der Waals surface area contributed by atoms with Gasteiger partial charge in [0.05, 0.1) is 24.1 Å². The van der Waals surface area contributed by atoms with Gasteiger partial charge in [-0.1, -0.05) is 31.4 Å². The van der Waals surface area contributed by atoms with E-state index < -0.39 is 34.9 Å². The van der Waals surface area contributed by atoms with Crippen LogP contribution in [0.3, 0.4) is 0 Å². The summed E-state index contributed by atoms with van der Waals surface area (Å²) in [5.41, 5.74) is 0.899. The molecule has 1 saturated heterocycles. The molecule has 0 bridgehead atoms. The Bertz CT molecular complexity index is 680. The van der Waals surface area contributed by atoms with Crippen LogP contribution in [0.4, 0.5) is 0 Å². The van der Waals surface area contributed by atoms with Crippen molar-refractivity contribution in [2.45, 2.75) is 31.4 Å². The van der Waals surface area contributed by atoms with E-state index >= 15 is 0 Å². The molecule has 3 amide bonds. The Kier molecular flexibility index (Phi) is 11.1. The third-order valence-corrected chi connectivity index (χ3v) is 4.93. The standard InChI is InChI=1S/C19H30N4O5S/c1-4-7-14(5-2)9-10-20-19(27)16(24)12-21-18(26)15-8-6-11-23(15)17(25)13-22-29(3)28/h4-5,7,15-16,22,24H,1-2,6,8-13H2,3H3,(H,20,27)(H,21,26)/b14-7+. The molecule has 1 aliphatic heterocycles. The molecule has 1 fully saturated rings. The number of allylic oxidation sites excluding steroid dienone is 3. The zero-order valence-electron chi connectivity index (χ0n) is 16.7. The van der Waals surface area contributed by atoms with Crippen LogP contribution in [0.5, 0.6) is 0 Å². The molecule has 1 heterocycles. The molecule has 162 valence electrons. The first-order chi connectivity index (χ1) is 13.8. The first kappa shape index (κ1) is 24.7. The van der Waals surface area contributed by atoms with Crippen molar-refractivity contribution < 1.29 is 23.7 Å². The number of carbonyl (C=O) groups excluding carboxylic acids is 3. The van der Waals surface area contributed by atoms with Crippen molar-refractivity contribution in [1.82, 2.24) is 20.3 Å². The van der Waals surface area contributed by atoms with E-state index in [4.69, 9.17) is 0 Å². The molecular formula is C19H30N4O5S. The van der Waals surface area contributed by atoms with Gasteiger partial charge in [-0.05, 0) is 24.8 Å². The zero-order chi connectivity index (χ0) is 21.8. The SMILES string of the molecule is C=C/C=C(\C=C)CCNC(=O)C(O)CNC(=O)C1CCCN1C(=O)CNS(C)=O. The van der Waals surface area contributed by atoms with Crippen molar-refractivity contribution in [2.24, 2.45) is 0 Å². The molecule has 4 N–H and O–H groups in total. The van der Waals surface area contributed by atoms with Gasteiger partial charge in [0.1, 0.15) is 12.1 Å². The second-order valence-electron chi connectivity index (χ2n) is 6.50. The van der Waals surface area contributed by atoms with Crippen molar-refractivity contribution in [3.63, 3.8) is 0 Å². The molecule has 0 radical (unpaired) electrons. The van der Waals surface area contributed by atoms with E-state index in [1.807, 2.05) is 0 Å². The van der Waals surface area contributed by atoms with Crippen molar-refractivity contribution in [3.8, 4) is 0 Å². The summed E-state index contributed by atoms with van der Waals surface area (Å²) in [5, 5.41) is 15.1. The Hall–Kier alpha value is -2.30. The molecule has 0 saturated carbocycles. The average Bonchev–Trinajstić information content (AvgIpc) is 3.19. The van der Waals surface area contributed by atoms with Crippen LogP contribution in [0.1, 0.15) is 19.3 Å². The van der Waals surface area contributed by atoms with Crippen molar-refractivity contribution in [1.29, 1.82) is 0 Å². The third kappa shape index (κ3) is 8.71. The Morgan fingerprint density at radius 2 is 2.03 bits per heavy atom. The lowest BCUT2D eigenvalue weighted by Crippen LogP contribution is -2.51. The second-order valence-corrected chi connectivity index (χ2v) is 7.70. The fourth-order valence-electron chi connectivity index (χ4n) is 2.86. The molecule has 0 aromatic rings. The maximum Gasteiger partial charge on any atom is 0.250 e. The lowest BCUT2D eigenvalue weighted by atomic mass is 10.1. The number of aliphatic hydroxyl groups is 1. The molecule has 0 aromatic carbocycles. The van der Waals surface area contributed by atoms with E-state index in [2.05, 4.69) is 28.5 Å². The molecule has 0 aromatic heterocycles.